The van der Waals surface area contributed by atoms with E-state index in [1.165, 1.54) is 0 Å². The molecule has 2 N–H and O–H groups in total. The summed E-state index contributed by atoms with van der Waals surface area (Å²) in [4.78, 5) is 7.90. The van der Waals surface area contributed by atoms with E-state index in [4.69, 9.17) is 0 Å². The molecule has 0 aliphatic rings. The third-order valence-corrected chi connectivity index (χ3v) is 2.66. The fraction of sp³-hybridized carbons (Fsp3) is 0.167. The highest BCUT2D eigenvalue weighted by Crippen LogP contribution is 2.21. The molecule has 18 heavy (non-hydrogen) atoms. The van der Waals surface area contributed by atoms with E-state index < -0.39 is 5.82 Å². The predicted molar refractivity (Wildman–Crippen MR) is 73.6 cm³/mol. The molecule has 4 nitrogen and oxygen atoms in total. The van der Waals surface area contributed by atoms with Crippen molar-refractivity contribution >= 4 is 33.4 Å². The number of rotatable bonds is 4. The zero-order chi connectivity index (χ0) is 13.0. The van der Waals surface area contributed by atoms with Gasteiger partial charge in [-0.25, -0.2) is 9.37 Å². The summed E-state index contributed by atoms with van der Waals surface area (Å²) < 4.78 is 14.5. The molecule has 0 saturated carbocycles. The number of anilines is 3. The highest BCUT2D eigenvalue weighted by atomic mass is 79.9. The molecule has 94 valence electrons. The van der Waals surface area contributed by atoms with Crippen LogP contribution in [-0.2, 0) is 0 Å². The molecule has 2 rings (SSSR count). The van der Waals surface area contributed by atoms with Gasteiger partial charge in [0.15, 0.2) is 11.6 Å². The number of nitrogens with one attached hydrogen (secondary N) is 2. The van der Waals surface area contributed by atoms with Crippen LogP contribution in [0.1, 0.15) is 6.92 Å². The molecule has 0 aliphatic heterocycles. The largest absolute Gasteiger partial charge is 0.354 e. The van der Waals surface area contributed by atoms with E-state index in [1.807, 2.05) is 31.2 Å². The molecule has 0 spiro atoms. The Kier molecular flexibility index (Phi) is 4.09. The summed E-state index contributed by atoms with van der Waals surface area (Å²) >= 11 is 3.35. The smallest absolute Gasteiger partial charge is 0.224 e. The van der Waals surface area contributed by atoms with E-state index in [0.717, 1.165) is 16.4 Å². The predicted octanol–water partition coefficient (Wildman–Crippen LogP) is 3.55. The molecular formula is C12H12BrFN4. The van der Waals surface area contributed by atoms with Crippen LogP contribution < -0.4 is 10.6 Å². The summed E-state index contributed by atoms with van der Waals surface area (Å²) in [6.07, 6.45) is 1.14. The molecule has 0 bridgehead atoms. The van der Waals surface area contributed by atoms with Crippen LogP contribution in [-0.4, -0.2) is 16.5 Å². The van der Waals surface area contributed by atoms with E-state index in [-0.39, 0.29) is 5.82 Å². The van der Waals surface area contributed by atoms with Crippen LogP contribution in [0.4, 0.5) is 21.8 Å². The third kappa shape index (κ3) is 3.16. The van der Waals surface area contributed by atoms with Gasteiger partial charge in [-0.1, -0.05) is 22.0 Å². The molecule has 0 radical (unpaired) electrons. The highest BCUT2D eigenvalue weighted by molar-refractivity contribution is 9.10. The Morgan fingerprint density at radius 2 is 2.22 bits per heavy atom. The van der Waals surface area contributed by atoms with Crippen molar-refractivity contribution in [2.24, 2.45) is 0 Å². The first-order valence-corrected chi connectivity index (χ1v) is 6.27. The van der Waals surface area contributed by atoms with Crippen molar-refractivity contribution in [3.8, 4) is 0 Å². The Balaban J connectivity index is 2.25. The fourth-order valence-corrected chi connectivity index (χ4v) is 1.80. The highest BCUT2D eigenvalue weighted by Gasteiger charge is 2.06. The van der Waals surface area contributed by atoms with Crippen molar-refractivity contribution < 1.29 is 4.39 Å². The van der Waals surface area contributed by atoms with Gasteiger partial charge in [0.25, 0.3) is 0 Å². The first-order valence-electron chi connectivity index (χ1n) is 5.48. The van der Waals surface area contributed by atoms with Gasteiger partial charge in [-0.15, -0.1) is 0 Å². The summed E-state index contributed by atoms with van der Waals surface area (Å²) in [6, 6.07) is 7.43. The van der Waals surface area contributed by atoms with E-state index in [1.54, 1.807) is 0 Å². The second-order valence-corrected chi connectivity index (χ2v) is 4.47. The van der Waals surface area contributed by atoms with Crippen molar-refractivity contribution in [3.05, 3.63) is 40.8 Å². The van der Waals surface area contributed by atoms with Crippen molar-refractivity contribution in [2.45, 2.75) is 6.92 Å². The molecule has 1 heterocycles. The molecule has 1 aromatic heterocycles. The Bertz CT molecular complexity index is 547. The Hall–Kier alpha value is -1.69. The summed E-state index contributed by atoms with van der Waals surface area (Å²) in [6.45, 7) is 2.61. The Labute approximate surface area is 113 Å². The average Bonchev–Trinajstić information content (AvgIpc) is 2.34. The lowest BCUT2D eigenvalue weighted by Crippen LogP contribution is -2.05. The minimum absolute atomic E-state index is 0.152. The van der Waals surface area contributed by atoms with Gasteiger partial charge in [0.2, 0.25) is 5.95 Å². The maximum Gasteiger partial charge on any atom is 0.224 e. The summed E-state index contributed by atoms with van der Waals surface area (Å²) in [5.41, 5.74) is 0.754. The van der Waals surface area contributed by atoms with Gasteiger partial charge in [0.1, 0.15) is 0 Å². The zero-order valence-corrected chi connectivity index (χ0v) is 11.3. The second-order valence-electron chi connectivity index (χ2n) is 3.56. The standard InChI is InChI=1S/C12H12BrFN4/c1-2-15-12-16-7-10(14)11(18-12)17-9-5-3-4-8(13)6-9/h3-7H,2H2,1H3,(H2,15,16,17,18). The molecule has 2 aromatic rings. The Morgan fingerprint density at radius 3 is 2.94 bits per heavy atom. The zero-order valence-electron chi connectivity index (χ0n) is 9.74. The fourth-order valence-electron chi connectivity index (χ4n) is 1.40. The molecule has 0 aliphatic carbocycles. The second kappa shape index (κ2) is 5.77. The molecule has 0 unspecified atom stereocenters. The summed E-state index contributed by atoms with van der Waals surface area (Å²) in [5, 5.41) is 5.85. The van der Waals surface area contributed by atoms with Gasteiger partial charge < -0.3 is 10.6 Å². The van der Waals surface area contributed by atoms with Crippen LogP contribution in [0.5, 0.6) is 0 Å². The van der Waals surface area contributed by atoms with Gasteiger partial charge in [0, 0.05) is 16.7 Å². The first-order chi connectivity index (χ1) is 8.69. The Morgan fingerprint density at radius 1 is 1.39 bits per heavy atom. The van der Waals surface area contributed by atoms with E-state index >= 15 is 0 Å². The van der Waals surface area contributed by atoms with Crippen LogP contribution in [0, 0.1) is 5.82 Å². The quantitative estimate of drug-likeness (QED) is 0.906. The van der Waals surface area contributed by atoms with Crippen molar-refractivity contribution in [1.82, 2.24) is 9.97 Å². The van der Waals surface area contributed by atoms with Crippen LogP contribution in [0.25, 0.3) is 0 Å². The summed E-state index contributed by atoms with van der Waals surface area (Å²) in [7, 11) is 0. The van der Waals surface area contributed by atoms with E-state index in [2.05, 4.69) is 36.5 Å². The first kappa shape index (κ1) is 12.8. The number of hydrogen-bond acceptors (Lipinski definition) is 4. The molecule has 6 heteroatoms. The summed E-state index contributed by atoms with van der Waals surface area (Å²) in [5.74, 6) is 0.0621. The van der Waals surface area contributed by atoms with Crippen LogP contribution >= 0.6 is 15.9 Å². The number of benzene rings is 1. The molecule has 1 aromatic carbocycles. The molecule has 0 amide bonds. The number of hydrogen-bond donors (Lipinski definition) is 2. The van der Waals surface area contributed by atoms with Crippen LogP contribution in [0.2, 0.25) is 0 Å². The van der Waals surface area contributed by atoms with Gasteiger partial charge in [-0.05, 0) is 25.1 Å². The van der Waals surface area contributed by atoms with E-state index in [9.17, 15) is 4.39 Å². The van der Waals surface area contributed by atoms with Crippen LogP contribution in [0.3, 0.4) is 0 Å². The normalized spacial score (nSPS) is 10.2. The lowest BCUT2D eigenvalue weighted by Gasteiger charge is -2.08. The van der Waals surface area contributed by atoms with Gasteiger partial charge >= 0.3 is 0 Å². The van der Waals surface area contributed by atoms with Gasteiger partial charge in [-0.3, -0.25) is 0 Å². The maximum absolute atomic E-state index is 13.6. The van der Waals surface area contributed by atoms with E-state index in [0.29, 0.717) is 12.5 Å². The lowest BCUT2D eigenvalue weighted by atomic mass is 10.3. The van der Waals surface area contributed by atoms with Crippen molar-refractivity contribution in [1.29, 1.82) is 0 Å². The molecule has 0 fully saturated rings. The molecule has 0 atom stereocenters. The number of aromatic nitrogens is 2. The average molecular weight is 311 g/mol. The molecular weight excluding hydrogens is 299 g/mol. The topological polar surface area (TPSA) is 49.8 Å². The van der Waals surface area contributed by atoms with Gasteiger partial charge in [0.05, 0.1) is 6.20 Å². The number of nitrogens with zero attached hydrogens (tertiary/aromatic N) is 2. The lowest BCUT2D eigenvalue weighted by molar-refractivity contribution is 0.619. The van der Waals surface area contributed by atoms with Crippen molar-refractivity contribution in [2.75, 3.05) is 17.2 Å². The van der Waals surface area contributed by atoms with Crippen LogP contribution in [0.15, 0.2) is 34.9 Å². The minimum Gasteiger partial charge on any atom is -0.354 e. The molecule has 0 saturated heterocycles. The SMILES string of the molecule is CCNc1ncc(F)c(Nc2cccc(Br)c2)n1. The maximum atomic E-state index is 13.6. The third-order valence-electron chi connectivity index (χ3n) is 2.17. The monoisotopic (exact) mass is 310 g/mol. The number of halogens is 2. The minimum atomic E-state index is -0.489. The van der Waals surface area contributed by atoms with Crippen molar-refractivity contribution in [3.63, 3.8) is 0 Å². The van der Waals surface area contributed by atoms with Gasteiger partial charge in [-0.2, -0.15) is 4.98 Å².